The SMILES string of the molecule is Ic1cccc(-c2nn3c(Cc4ccccc4)nnc3s2)c1. The van der Waals surface area contributed by atoms with Crippen LogP contribution in [0.1, 0.15) is 11.4 Å². The molecular weight excluding hydrogens is 407 g/mol. The molecule has 0 aliphatic rings. The molecule has 0 spiro atoms. The van der Waals surface area contributed by atoms with Gasteiger partial charge in [0.2, 0.25) is 4.96 Å². The monoisotopic (exact) mass is 418 g/mol. The Hall–Kier alpha value is -1.80. The molecule has 2 aromatic carbocycles. The third kappa shape index (κ3) is 2.64. The number of halogens is 1. The van der Waals surface area contributed by atoms with Gasteiger partial charge >= 0.3 is 0 Å². The van der Waals surface area contributed by atoms with Gasteiger partial charge in [0.15, 0.2) is 5.82 Å². The molecule has 0 unspecified atom stereocenters. The second kappa shape index (κ2) is 5.77. The Morgan fingerprint density at radius 2 is 1.86 bits per heavy atom. The van der Waals surface area contributed by atoms with Crippen LogP contribution in [0.3, 0.4) is 0 Å². The first kappa shape index (κ1) is 13.8. The molecule has 0 fully saturated rings. The largest absolute Gasteiger partial charge is 0.234 e. The van der Waals surface area contributed by atoms with Gasteiger partial charge in [-0.05, 0) is 40.3 Å². The number of rotatable bonds is 3. The van der Waals surface area contributed by atoms with Crippen molar-refractivity contribution >= 4 is 38.9 Å². The molecule has 0 bridgehead atoms. The maximum absolute atomic E-state index is 4.69. The zero-order chi connectivity index (χ0) is 14.9. The summed E-state index contributed by atoms with van der Waals surface area (Å²) in [6, 6.07) is 18.6. The van der Waals surface area contributed by atoms with E-state index in [4.69, 9.17) is 0 Å². The van der Waals surface area contributed by atoms with E-state index in [1.54, 1.807) is 11.3 Å². The Bertz CT molecular complexity index is 930. The van der Waals surface area contributed by atoms with E-state index in [0.29, 0.717) is 0 Å². The third-order valence-electron chi connectivity index (χ3n) is 3.33. The molecule has 0 aliphatic heterocycles. The van der Waals surface area contributed by atoms with Gasteiger partial charge < -0.3 is 0 Å². The normalized spacial score (nSPS) is 11.1. The lowest BCUT2D eigenvalue weighted by Crippen LogP contribution is -1.97. The molecule has 0 saturated heterocycles. The molecular formula is C16H11IN4S. The van der Waals surface area contributed by atoms with Gasteiger partial charge in [0.25, 0.3) is 0 Å². The predicted octanol–water partition coefficient (Wildman–Crippen LogP) is 4.05. The van der Waals surface area contributed by atoms with Crippen LogP contribution in [0.25, 0.3) is 15.5 Å². The second-order valence-electron chi connectivity index (χ2n) is 4.89. The van der Waals surface area contributed by atoms with Crippen LogP contribution in [0.2, 0.25) is 0 Å². The Balaban J connectivity index is 1.73. The van der Waals surface area contributed by atoms with Crippen LogP contribution in [0.5, 0.6) is 0 Å². The van der Waals surface area contributed by atoms with Crippen LogP contribution in [0.15, 0.2) is 54.6 Å². The van der Waals surface area contributed by atoms with Crippen molar-refractivity contribution in [2.75, 3.05) is 0 Å². The number of aromatic nitrogens is 4. The number of hydrogen-bond donors (Lipinski definition) is 0. The summed E-state index contributed by atoms with van der Waals surface area (Å²) in [5.74, 6) is 0.870. The van der Waals surface area contributed by atoms with Crippen molar-refractivity contribution in [3.63, 3.8) is 0 Å². The zero-order valence-electron chi connectivity index (χ0n) is 11.5. The van der Waals surface area contributed by atoms with E-state index in [0.717, 1.165) is 27.8 Å². The minimum atomic E-state index is 0.734. The topological polar surface area (TPSA) is 43.1 Å². The standard InChI is InChI=1S/C16H11IN4S/c17-13-8-4-7-12(10-13)15-20-21-14(18-19-16(21)22-15)9-11-5-2-1-3-6-11/h1-8,10H,9H2. The molecule has 0 aliphatic carbocycles. The maximum Gasteiger partial charge on any atom is 0.234 e. The maximum atomic E-state index is 4.69. The van der Waals surface area contributed by atoms with Crippen LogP contribution in [0, 0.1) is 3.57 Å². The Kier molecular flexibility index (Phi) is 3.63. The fourth-order valence-electron chi connectivity index (χ4n) is 2.28. The third-order valence-corrected chi connectivity index (χ3v) is 4.95. The highest BCUT2D eigenvalue weighted by Crippen LogP contribution is 2.26. The second-order valence-corrected chi connectivity index (χ2v) is 7.09. The van der Waals surface area contributed by atoms with E-state index in [1.165, 1.54) is 9.13 Å². The average molecular weight is 418 g/mol. The van der Waals surface area contributed by atoms with E-state index in [2.05, 4.69) is 68.2 Å². The molecule has 4 nitrogen and oxygen atoms in total. The van der Waals surface area contributed by atoms with E-state index in [-0.39, 0.29) is 0 Å². The first-order valence-corrected chi connectivity index (χ1v) is 8.70. The number of benzene rings is 2. The van der Waals surface area contributed by atoms with Gasteiger partial charge in [-0.2, -0.15) is 9.61 Å². The lowest BCUT2D eigenvalue weighted by Gasteiger charge is -1.98. The average Bonchev–Trinajstić information content (AvgIpc) is 3.11. The minimum absolute atomic E-state index is 0.734. The first-order chi connectivity index (χ1) is 10.8. The van der Waals surface area contributed by atoms with E-state index in [1.807, 2.05) is 28.8 Å². The van der Waals surface area contributed by atoms with E-state index < -0.39 is 0 Å². The molecule has 4 rings (SSSR count). The molecule has 0 radical (unpaired) electrons. The Labute approximate surface area is 145 Å². The van der Waals surface area contributed by atoms with Crippen molar-refractivity contribution < 1.29 is 0 Å². The highest BCUT2D eigenvalue weighted by molar-refractivity contribution is 14.1. The van der Waals surface area contributed by atoms with E-state index in [9.17, 15) is 0 Å². The number of fused-ring (bicyclic) bond motifs is 1. The van der Waals surface area contributed by atoms with Gasteiger partial charge in [0.05, 0.1) is 0 Å². The van der Waals surface area contributed by atoms with Crippen molar-refractivity contribution in [1.29, 1.82) is 0 Å². The minimum Gasteiger partial charge on any atom is -0.187 e. The van der Waals surface area contributed by atoms with Gasteiger partial charge in [0.1, 0.15) is 5.01 Å². The van der Waals surface area contributed by atoms with Crippen LogP contribution in [0.4, 0.5) is 0 Å². The molecule has 2 aromatic heterocycles. The fraction of sp³-hybridized carbons (Fsp3) is 0.0625. The highest BCUT2D eigenvalue weighted by Gasteiger charge is 2.13. The van der Waals surface area contributed by atoms with Gasteiger partial charge in [-0.1, -0.05) is 53.8 Å². The predicted molar refractivity (Wildman–Crippen MR) is 96.1 cm³/mol. The molecule has 4 aromatic rings. The molecule has 2 heterocycles. The molecule has 22 heavy (non-hydrogen) atoms. The Morgan fingerprint density at radius 3 is 2.68 bits per heavy atom. The highest BCUT2D eigenvalue weighted by atomic mass is 127. The number of nitrogens with zero attached hydrogens (tertiary/aromatic N) is 4. The summed E-state index contributed by atoms with van der Waals surface area (Å²) in [4.78, 5) is 0.833. The van der Waals surface area contributed by atoms with Crippen molar-refractivity contribution in [3.05, 3.63) is 69.6 Å². The van der Waals surface area contributed by atoms with Gasteiger partial charge in [0, 0.05) is 15.6 Å². The lowest BCUT2D eigenvalue weighted by atomic mass is 10.1. The van der Waals surface area contributed by atoms with Crippen molar-refractivity contribution in [1.82, 2.24) is 19.8 Å². The molecule has 108 valence electrons. The summed E-state index contributed by atoms with van der Waals surface area (Å²) in [7, 11) is 0. The zero-order valence-corrected chi connectivity index (χ0v) is 14.5. The summed E-state index contributed by atoms with van der Waals surface area (Å²) >= 11 is 3.88. The van der Waals surface area contributed by atoms with Gasteiger partial charge in [-0.3, -0.25) is 0 Å². The van der Waals surface area contributed by atoms with Crippen LogP contribution in [-0.2, 0) is 6.42 Å². The molecule has 0 atom stereocenters. The summed E-state index contributed by atoms with van der Waals surface area (Å²) in [5, 5.41) is 14.2. The van der Waals surface area contributed by atoms with Crippen LogP contribution in [-0.4, -0.2) is 19.8 Å². The smallest absolute Gasteiger partial charge is 0.187 e. The summed E-state index contributed by atoms with van der Waals surface area (Å²) < 4.78 is 3.05. The molecule has 0 N–H and O–H groups in total. The molecule has 0 saturated carbocycles. The van der Waals surface area contributed by atoms with Crippen molar-refractivity contribution in [2.45, 2.75) is 6.42 Å². The summed E-state index contributed by atoms with van der Waals surface area (Å²) in [6.07, 6.45) is 0.734. The Morgan fingerprint density at radius 1 is 1.00 bits per heavy atom. The molecule has 6 heteroatoms. The van der Waals surface area contributed by atoms with Gasteiger partial charge in [-0.15, -0.1) is 10.2 Å². The van der Waals surface area contributed by atoms with E-state index >= 15 is 0 Å². The lowest BCUT2D eigenvalue weighted by molar-refractivity contribution is 0.854. The summed E-state index contributed by atoms with van der Waals surface area (Å²) in [5.41, 5.74) is 2.33. The number of hydrogen-bond acceptors (Lipinski definition) is 4. The first-order valence-electron chi connectivity index (χ1n) is 6.80. The summed E-state index contributed by atoms with van der Waals surface area (Å²) in [6.45, 7) is 0. The van der Waals surface area contributed by atoms with Crippen LogP contribution < -0.4 is 0 Å². The van der Waals surface area contributed by atoms with Crippen LogP contribution >= 0.6 is 33.9 Å². The fourth-order valence-corrected chi connectivity index (χ4v) is 3.68. The molecule has 0 amide bonds. The quantitative estimate of drug-likeness (QED) is 0.472. The van der Waals surface area contributed by atoms with Gasteiger partial charge in [-0.25, -0.2) is 0 Å². The van der Waals surface area contributed by atoms with Crippen molar-refractivity contribution in [2.24, 2.45) is 0 Å². The van der Waals surface area contributed by atoms with Crippen molar-refractivity contribution in [3.8, 4) is 10.6 Å².